The van der Waals surface area contributed by atoms with Crippen LogP contribution in [0.2, 0.25) is 0 Å². The van der Waals surface area contributed by atoms with Crippen LogP contribution in [0.1, 0.15) is 51.3 Å². The van der Waals surface area contributed by atoms with Gasteiger partial charge in [0, 0.05) is 32.7 Å². The van der Waals surface area contributed by atoms with Gasteiger partial charge in [-0.25, -0.2) is 5.43 Å². The average Bonchev–Trinajstić information content (AvgIpc) is 3.68. The fraction of sp³-hybridized carbons (Fsp3) is 0.171. The van der Waals surface area contributed by atoms with Gasteiger partial charge in [-0.15, -0.1) is 0 Å². The number of aromatic nitrogens is 1. The first-order valence-electron chi connectivity index (χ1n) is 14.3. The summed E-state index contributed by atoms with van der Waals surface area (Å²) < 4.78 is 26.9. The summed E-state index contributed by atoms with van der Waals surface area (Å²) in [6.07, 6.45) is 1.48. The number of aryl methyl sites for hydroxylation is 2. The minimum atomic E-state index is -0.513. The molecule has 0 atom stereocenters. The smallest absolute Gasteiger partial charge is 0.307 e. The Hall–Kier alpha value is -4.79. The van der Waals surface area contributed by atoms with Crippen molar-refractivity contribution in [2.24, 2.45) is 5.10 Å². The summed E-state index contributed by atoms with van der Waals surface area (Å²) in [4.78, 5) is 12.7. The van der Waals surface area contributed by atoms with Gasteiger partial charge >= 0.3 is 5.91 Å². The fourth-order valence-electron chi connectivity index (χ4n) is 4.72. The third-order valence-electron chi connectivity index (χ3n) is 6.97. The molecule has 46 heavy (non-hydrogen) atoms. The molecule has 0 fully saturated rings. The van der Waals surface area contributed by atoms with Crippen molar-refractivity contribution in [3.63, 3.8) is 0 Å². The molecule has 5 rings (SSSR count). The highest BCUT2D eigenvalue weighted by Crippen LogP contribution is 2.43. The van der Waals surface area contributed by atoms with Gasteiger partial charge in [0.05, 0.1) is 28.9 Å². The molecule has 3 aromatic carbocycles. The van der Waals surface area contributed by atoms with Crippen LogP contribution in [0.3, 0.4) is 0 Å². The van der Waals surface area contributed by atoms with Gasteiger partial charge in [-0.05, 0) is 113 Å². The predicted molar refractivity (Wildman–Crippen MR) is 182 cm³/mol. The van der Waals surface area contributed by atoms with E-state index in [2.05, 4.69) is 79.0 Å². The van der Waals surface area contributed by atoms with Gasteiger partial charge in [0.1, 0.15) is 24.7 Å². The molecule has 1 N–H and O–H groups in total. The van der Waals surface area contributed by atoms with E-state index in [1.54, 1.807) is 30.3 Å². The zero-order valence-electron chi connectivity index (χ0n) is 25.3. The standard InChI is InChI=1S/C35H30Br2N4O5/c1-4-43-31-17-26(32(36)33(37)34(31)45-20-25-8-6-5-7-24(25)18-38)19-39-40-35(42)30-16-15-29(46-30)21-44-28-13-11-27(12-14-28)41-22(2)9-10-23(41)3/h5-17,19H,4,20-21H2,1-3H3,(H,40,42)/b39-19+. The number of furan rings is 1. The fourth-order valence-corrected chi connectivity index (χ4v) is 5.65. The number of rotatable bonds is 12. The predicted octanol–water partition coefficient (Wildman–Crippen LogP) is 8.40. The minimum Gasteiger partial charge on any atom is -0.490 e. The number of carbonyl (C=O) groups is 1. The van der Waals surface area contributed by atoms with E-state index in [9.17, 15) is 10.1 Å². The van der Waals surface area contributed by atoms with E-state index in [1.165, 1.54) is 6.21 Å². The number of nitrogens with zero attached hydrogens (tertiary/aromatic N) is 3. The molecule has 0 radical (unpaired) electrons. The van der Waals surface area contributed by atoms with Gasteiger partial charge in [-0.1, -0.05) is 18.2 Å². The average molecular weight is 746 g/mol. The summed E-state index contributed by atoms with van der Waals surface area (Å²) in [5.74, 6) is 1.71. The minimum absolute atomic E-state index is 0.0984. The third-order valence-corrected chi connectivity index (χ3v) is 9.11. The Kier molecular flexibility index (Phi) is 10.6. The number of hydrazone groups is 1. The zero-order valence-corrected chi connectivity index (χ0v) is 28.5. The second kappa shape index (κ2) is 15.0. The van der Waals surface area contributed by atoms with Gasteiger partial charge in [0.15, 0.2) is 17.3 Å². The summed E-state index contributed by atoms with van der Waals surface area (Å²) in [7, 11) is 0. The van der Waals surface area contributed by atoms with Crippen molar-refractivity contribution in [2.75, 3.05) is 6.61 Å². The molecule has 0 aliphatic heterocycles. The van der Waals surface area contributed by atoms with Crippen LogP contribution < -0.4 is 19.6 Å². The van der Waals surface area contributed by atoms with Crippen LogP contribution >= 0.6 is 31.9 Å². The molecule has 0 saturated heterocycles. The van der Waals surface area contributed by atoms with E-state index < -0.39 is 5.91 Å². The summed E-state index contributed by atoms with van der Waals surface area (Å²) >= 11 is 7.15. The lowest BCUT2D eigenvalue weighted by atomic mass is 10.1. The van der Waals surface area contributed by atoms with Crippen LogP contribution in [-0.2, 0) is 13.2 Å². The molecule has 0 bridgehead atoms. The van der Waals surface area contributed by atoms with E-state index in [-0.39, 0.29) is 19.0 Å². The van der Waals surface area contributed by atoms with Crippen LogP contribution in [0.25, 0.3) is 5.69 Å². The van der Waals surface area contributed by atoms with E-state index in [1.807, 2.05) is 43.3 Å². The van der Waals surface area contributed by atoms with Gasteiger partial charge in [0.2, 0.25) is 0 Å². The topological polar surface area (TPSA) is 111 Å². The molecule has 1 amide bonds. The molecule has 0 aliphatic rings. The highest BCUT2D eigenvalue weighted by molar-refractivity contribution is 9.13. The first-order chi connectivity index (χ1) is 22.3. The van der Waals surface area contributed by atoms with E-state index in [0.29, 0.717) is 49.7 Å². The molecule has 2 aromatic heterocycles. The number of hydrogen-bond acceptors (Lipinski definition) is 7. The maximum Gasteiger partial charge on any atom is 0.307 e. The Morgan fingerprint density at radius 2 is 1.70 bits per heavy atom. The van der Waals surface area contributed by atoms with E-state index in [0.717, 1.165) is 22.6 Å². The van der Waals surface area contributed by atoms with Gasteiger partial charge < -0.3 is 23.2 Å². The Morgan fingerprint density at radius 3 is 2.41 bits per heavy atom. The highest BCUT2D eigenvalue weighted by atomic mass is 79.9. The number of amides is 1. The van der Waals surface area contributed by atoms with Crippen molar-refractivity contribution in [1.82, 2.24) is 9.99 Å². The second-order valence-corrected chi connectivity index (χ2v) is 11.7. The van der Waals surface area contributed by atoms with Gasteiger partial charge in [0.25, 0.3) is 0 Å². The third kappa shape index (κ3) is 7.53. The van der Waals surface area contributed by atoms with Crippen LogP contribution in [0.4, 0.5) is 0 Å². The molecule has 0 unspecified atom stereocenters. The van der Waals surface area contributed by atoms with E-state index >= 15 is 0 Å². The monoisotopic (exact) mass is 744 g/mol. The van der Waals surface area contributed by atoms with Crippen molar-refractivity contribution in [1.29, 1.82) is 5.26 Å². The molecule has 9 nitrogen and oxygen atoms in total. The molecule has 234 valence electrons. The summed E-state index contributed by atoms with van der Waals surface area (Å²) in [5, 5.41) is 13.5. The van der Waals surface area contributed by atoms with Crippen LogP contribution in [0.15, 0.2) is 97.3 Å². The largest absolute Gasteiger partial charge is 0.490 e. The molecule has 5 aromatic rings. The van der Waals surface area contributed by atoms with Crippen molar-refractivity contribution in [3.8, 4) is 29.0 Å². The maximum absolute atomic E-state index is 12.7. The number of nitrogens with one attached hydrogen (secondary N) is 1. The molecule has 2 heterocycles. The number of halogens is 2. The van der Waals surface area contributed by atoms with Gasteiger partial charge in [-0.3, -0.25) is 4.79 Å². The van der Waals surface area contributed by atoms with Crippen molar-refractivity contribution in [3.05, 3.63) is 127 Å². The summed E-state index contributed by atoms with van der Waals surface area (Å²) in [5.41, 5.74) is 7.78. The number of nitriles is 1. The SMILES string of the molecule is CCOc1cc(/C=N/NC(=O)c2ccc(COc3ccc(-n4c(C)ccc4C)cc3)o2)c(Br)c(Br)c1OCc1ccccc1C#N. The number of carbonyl (C=O) groups excluding carboxylic acids is 1. The number of benzene rings is 3. The highest BCUT2D eigenvalue weighted by Gasteiger charge is 2.18. The quantitative estimate of drug-likeness (QED) is 0.101. The zero-order chi connectivity index (χ0) is 32.6. The van der Waals surface area contributed by atoms with E-state index in [4.69, 9.17) is 18.6 Å². The van der Waals surface area contributed by atoms with Crippen molar-refractivity contribution >= 4 is 44.0 Å². The lowest BCUT2D eigenvalue weighted by Gasteiger charge is -2.16. The second-order valence-electron chi connectivity index (χ2n) is 10.1. The summed E-state index contributed by atoms with van der Waals surface area (Å²) in [6.45, 7) is 6.74. The van der Waals surface area contributed by atoms with Crippen molar-refractivity contribution < 1.29 is 23.4 Å². The lowest BCUT2D eigenvalue weighted by Crippen LogP contribution is -2.17. The van der Waals surface area contributed by atoms with Crippen LogP contribution in [-0.4, -0.2) is 23.3 Å². The van der Waals surface area contributed by atoms with Gasteiger partial charge in [-0.2, -0.15) is 10.4 Å². The number of ether oxygens (including phenoxy) is 3. The van der Waals surface area contributed by atoms with Crippen LogP contribution in [0.5, 0.6) is 17.2 Å². The molecule has 0 spiro atoms. The molecule has 0 aliphatic carbocycles. The van der Waals surface area contributed by atoms with Crippen molar-refractivity contribution in [2.45, 2.75) is 34.0 Å². The Morgan fingerprint density at radius 1 is 0.957 bits per heavy atom. The Labute approximate surface area is 283 Å². The Balaban J connectivity index is 1.19. The first-order valence-corrected chi connectivity index (χ1v) is 15.9. The first kappa shape index (κ1) is 32.6. The number of hydrogen-bond donors (Lipinski definition) is 1. The molecule has 11 heteroatoms. The lowest BCUT2D eigenvalue weighted by molar-refractivity contribution is 0.0923. The maximum atomic E-state index is 12.7. The van der Waals surface area contributed by atoms with Crippen LogP contribution in [0, 0.1) is 25.2 Å². The normalized spacial score (nSPS) is 11.0. The summed E-state index contributed by atoms with van der Waals surface area (Å²) in [6, 6.07) is 26.4. The molecular weight excluding hydrogens is 716 g/mol. The Bertz CT molecular complexity index is 1900. The molecular formula is C35H30Br2N4O5. The molecule has 0 saturated carbocycles.